The van der Waals surface area contributed by atoms with Gasteiger partial charge in [0.1, 0.15) is 21.2 Å². The number of nitrogens with two attached hydrogens (primary N) is 2. The van der Waals surface area contributed by atoms with Crippen LogP contribution in [0.3, 0.4) is 0 Å². The van der Waals surface area contributed by atoms with E-state index in [-0.39, 0.29) is 60.5 Å². The van der Waals surface area contributed by atoms with E-state index < -0.39 is 62.2 Å². The summed E-state index contributed by atoms with van der Waals surface area (Å²) in [6, 6.07) is 7.07. The summed E-state index contributed by atoms with van der Waals surface area (Å²) >= 11 is 0. The summed E-state index contributed by atoms with van der Waals surface area (Å²) in [6.07, 6.45) is 0. The van der Waals surface area contributed by atoms with E-state index in [4.69, 9.17) is 11.5 Å². The van der Waals surface area contributed by atoms with Crippen LogP contribution in [-0.2, 0) is 30.4 Å². The number of anilines is 4. The molecule has 0 aliphatic carbocycles. The Labute approximate surface area is 261 Å². The predicted molar refractivity (Wildman–Crippen MR) is 164 cm³/mol. The minimum absolute atomic E-state index is 0.0163. The lowest BCUT2D eigenvalue weighted by Crippen LogP contribution is -2.19. The number of hydrogen-bond acceptors (Lipinski definition) is 17. The van der Waals surface area contributed by atoms with E-state index in [0.717, 1.165) is 30.3 Å². The molecule has 23 heteroatoms. The van der Waals surface area contributed by atoms with Gasteiger partial charge in [-0.25, -0.2) is 0 Å². The van der Waals surface area contributed by atoms with E-state index in [1.165, 1.54) is 12.1 Å². The van der Waals surface area contributed by atoms with Gasteiger partial charge < -0.3 is 32.5 Å². The molecule has 0 radical (unpaired) electrons. The van der Waals surface area contributed by atoms with Gasteiger partial charge >= 0.3 is 0 Å². The van der Waals surface area contributed by atoms with Gasteiger partial charge in [0.2, 0.25) is 17.8 Å². The molecular formula is C23H26N10O10S3. The van der Waals surface area contributed by atoms with Gasteiger partial charge in [0.05, 0.1) is 10.6 Å². The number of azo groups is 1. The molecule has 46 heavy (non-hydrogen) atoms. The minimum atomic E-state index is -5.22. The maximum Gasteiger partial charge on any atom is 0.296 e. The van der Waals surface area contributed by atoms with Crippen molar-refractivity contribution in [1.29, 1.82) is 0 Å². The first-order valence-corrected chi connectivity index (χ1v) is 17.0. The highest BCUT2D eigenvalue weighted by Crippen LogP contribution is 2.46. The molecule has 20 nitrogen and oxygen atoms in total. The van der Waals surface area contributed by atoms with Gasteiger partial charge in [-0.05, 0) is 35.7 Å². The van der Waals surface area contributed by atoms with Crippen LogP contribution in [0.1, 0.15) is 0 Å². The summed E-state index contributed by atoms with van der Waals surface area (Å²) < 4.78 is 102. The molecule has 0 atom stereocenters. The van der Waals surface area contributed by atoms with E-state index in [0.29, 0.717) is 0 Å². The number of benzene rings is 3. The number of nitrogens with one attached hydrogen (secondary N) is 3. The van der Waals surface area contributed by atoms with Crippen molar-refractivity contribution in [1.82, 2.24) is 15.0 Å². The van der Waals surface area contributed by atoms with Gasteiger partial charge in [0.25, 0.3) is 30.4 Å². The first-order valence-electron chi connectivity index (χ1n) is 12.7. The Morgan fingerprint density at radius 3 is 1.83 bits per heavy atom. The number of fused-ring (bicyclic) bond motifs is 1. The number of nitrogens with zero attached hydrogens (tertiary/aromatic N) is 5. The second kappa shape index (κ2) is 13.4. The van der Waals surface area contributed by atoms with Crippen molar-refractivity contribution in [2.24, 2.45) is 21.7 Å². The summed E-state index contributed by atoms with van der Waals surface area (Å²) in [5.41, 5.74) is 9.37. The summed E-state index contributed by atoms with van der Waals surface area (Å²) in [5.74, 6) is -1.21. The van der Waals surface area contributed by atoms with Crippen LogP contribution in [0.2, 0.25) is 0 Å². The number of hydrogen-bond donors (Lipinski definition) is 9. The van der Waals surface area contributed by atoms with Crippen molar-refractivity contribution in [2.45, 2.75) is 14.7 Å². The Hall–Kier alpha value is -4.62. The zero-order valence-corrected chi connectivity index (χ0v) is 25.7. The largest absolute Gasteiger partial charge is 0.505 e. The molecule has 11 N–H and O–H groups in total. The topological polar surface area (TPSA) is 335 Å². The molecule has 0 fully saturated rings. The van der Waals surface area contributed by atoms with Crippen LogP contribution >= 0.6 is 0 Å². The maximum absolute atomic E-state index is 12.4. The Morgan fingerprint density at radius 2 is 1.28 bits per heavy atom. The Balaban J connectivity index is 2.01. The van der Waals surface area contributed by atoms with Crippen molar-refractivity contribution in [3.63, 3.8) is 0 Å². The van der Waals surface area contributed by atoms with Crippen LogP contribution in [0.15, 0.2) is 67.4 Å². The van der Waals surface area contributed by atoms with E-state index in [2.05, 4.69) is 41.1 Å². The number of aromatic hydroxyl groups is 1. The molecule has 0 bridgehead atoms. The van der Waals surface area contributed by atoms with Crippen LogP contribution in [0.4, 0.5) is 34.9 Å². The lowest BCUT2D eigenvalue weighted by molar-refractivity contribution is 0.472. The fourth-order valence-electron chi connectivity index (χ4n) is 3.94. The fourth-order valence-corrected chi connectivity index (χ4v) is 5.76. The Bertz CT molecular complexity index is 2140. The molecular weight excluding hydrogens is 673 g/mol. The van der Waals surface area contributed by atoms with E-state index in [1.807, 2.05) is 0 Å². The molecule has 0 saturated carbocycles. The van der Waals surface area contributed by atoms with Crippen molar-refractivity contribution in [3.05, 3.63) is 42.5 Å². The zero-order valence-electron chi connectivity index (χ0n) is 23.2. The van der Waals surface area contributed by atoms with Crippen LogP contribution < -0.4 is 27.4 Å². The third-order valence-corrected chi connectivity index (χ3v) is 8.44. The molecule has 4 rings (SSSR count). The molecule has 3 aromatic carbocycles. The van der Waals surface area contributed by atoms with Crippen LogP contribution in [-0.4, -0.2) is 85.1 Å². The second-order valence-corrected chi connectivity index (χ2v) is 13.3. The van der Waals surface area contributed by atoms with E-state index in [1.54, 1.807) is 0 Å². The molecule has 0 unspecified atom stereocenters. The molecule has 0 aliphatic rings. The first kappa shape index (κ1) is 34.3. The highest BCUT2D eigenvalue weighted by Gasteiger charge is 2.26. The standard InChI is InChI=1S/C23H26N10O10S3/c24-5-7-26-21-29-22(27-8-6-25)31-23(30-21)28-15-11-13(44(35,36)37)9-12-10-17(46(41,42)43)19(20(34)18(12)15)33-32-14-3-1-2-4-16(14)45(38,39)40/h1-4,9-11,34H,5-8,24-25H2,(H,35,36,37)(H,38,39,40)(H,41,42,43)(H3,26,27,28,29,30,31). The molecule has 0 saturated heterocycles. The Morgan fingerprint density at radius 1 is 0.717 bits per heavy atom. The highest BCUT2D eigenvalue weighted by molar-refractivity contribution is 7.86. The van der Waals surface area contributed by atoms with Gasteiger partial charge in [-0.1, -0.05) is 12.1 Å². The summed E-state index contributed by atoms with van der Waals surface area (Å²) in [7, 11) is -15.0. The number of rotatable bonds is 13. The van der Waals surface area contributed by atoms with Crippen LogP contribution in [0, 0.1) is 0 Å². The second-order valence-electron chi connectivity index (χ2n) is 9.10. The predicted octanol–water partition coefficient (Wildman–Crippen LogP) is 1.37. The Kier molecular flexibility index (Phi) is 9.97. The molecule has 246 valence electrons. The van der Waals surface area contributed by atoms with Gasteiger partial charge in [-0.3, -0.25) is 13.7 Å². The van der Waals surface area contributed by atoms with Gasteiger partial charge in [0.15, 0.2) is 5.75 Å². The third-order valence-electron chi connectivity index (χ3n) is 5.84. The number of phenolic OH excluding ortho intramolecular Hbond substituents is 1. The SMILES string of the molecule is NCCNc1nc(NCCN)nc(Nc2cc(S(=O)(=O)O)cc3cc(S(=O)(=O)O)c(N=Nc4ccccc4S(=O)(=O)O)c(O)c23)n1. The molecule has 1 heterocycles. The lowest BCUT2D eigenvalue weighted by atomic mass is 10.1. The summed E-state index contributed by atoms with van der Waals surface area (Å²) in [4.78, 5) is 9.94. The summed E-state index contributed by atoms with van der Waals surface area (Å²) in [6.45, 7) is 0.901. The number of phenols is 1. The van der Waals surface area contributed by atoms with Gasteiger partial charge in [-0.2, -0.15) is 40.2 Å². The van der Waals surface area contributed by atoms with Crippen molar-refractivity contribution in [2.75, 3.05) is 42.1 Å². The van der Waals surface area contributed by atoms with Gasteiger partial charge in [-0.15, -0.1) is 10.2 Å². The maximum atomic E-state index is 12.4. The monoisotopic (exact) mass is 698 g/mol. The highest BCUT2D eigenvalue weighted by atomic mass is 32.2. The van der Waals surface area contributed by atoms with Crippen molar-refractivity contribution < 1.29 is 44.0 Å². The van der Waals surface area contributed by atoms with E-state index >= 15 is 0 Å². The van der Waals surface area contributed by atoms with Crippen LogP contribution in [0.5, 0.6) is 5.75 Å². The van der Waals surface area contributed by atoms with E-state index in [9.17, 15) is 44.0 Å². The van der Waals surface area contributed by atoms with Crippen LogP contribution in [0.25, 0.3) is 10.8 Å². The first-order chi connectivity index (χ1) is 21.5. The zero-order chi connectivity index (χ0) is 33.9. The van der Waals surface area contributed by atoms with Gasteiger partial charge in [0, 0.05) is 31.6 Å². The molecule has 1 aromatic heterocycles. The minimum Gasteiger partial charge on any atom is -0.505 e. The van der Waals surface area contributed by atoms with Crippen molar-refractivity contribution in [3.8, 4) is 5.75 Å². The number of aromatic nitrogens is 3. The fraction of sp³-hybridized carbons (Fsp3) is 0.174. The summed E-state index contributed by atoms with van der Waals surface area (Å²) in [5, 5.41) is 26.3. The smallest absolute Gasteiger partial charge is 0.296 e. The molecule has 0 spiro atoms. The van der Waals surface area contributed by atoms with Crippen molar-refractivity contribution >= 4 is 76.0 Å². The lowest BCUT2D eigenvalue weighted by Gasteiger charge is -2.16. The quantitative estimate of drug-likeness (QED) is 0.0702. The molecule has 0 amide bonds. The third kappa shape index (κ3) is 7.96. The average Bonchev–Trinajstić information content (AvgIpc) is 2.96. The molecule has 0 aliphatic heterocycles. The molecule has 4 aromatic rings. The average molecular weight is 699 g/mol. The normalized spacial score (nSPS) is 12.5.